The van der Waals surface area contributed by atoms with Crippen LogP contribution in [-0.4, -0.2) is 57.4 Å². The quantitative estimate of drug-likeness (QED) is 0.700. The molecule has 8 nitrogen and oxygen atoms in total. The van der Waals surface area contributed by atoms with Crippen LogP contribution in [0.25, 0.3) is 16.7 Å². The molecule has 1 amide bonds. The van der Waals surface area contributed by atoms with Crippen molar-refractivity contribution in [2.45, 2.75) is 12.0 Å². The summed E-state index contributed by atoms with van der Waals surface area (Å²) in [4.78, 5) is 23.0. The number of nitrogens with zero attached hydrogens (tertiary/aromatic N) is 5. The summed E-state index contributed by atoms with van der Waals surface area (Å²) in [5.41, 5.74) is 1.59. The van der Waals surface area contributed by atoms with Gasteiger partial charge in [0.05, 0.1) is 22.8 Å². The Morgan fingerprint density at radius 1 is 1.08 bits per heavy atom. The number of para-hydroxylation sites is 1. The summed E-state index contributed by atoms with van der Waals surface area (Å²) in [6.45, 7) is 2.99. The number of hydrogen-bond acceptors (Lipinski definition) is 6. The Morgan fingerprint density at radius 2 is 1.92 bits per heavy atom. The van der Waals surface area contributed by atoms with Gasteiger partial charge in [0.25, 0.3) is 0 Å². The van der Waals surface area contributed by atoms with Crippen LogP contribution < -0.4 is 15.5 Å². The van der Waals surface area contributed by atoms with Crippen molar-refractivity contribution in [2.75, 3.05) is 31.1 Å². The standard InChI is InChI=1S/C18H19N7O/c26-15-8-18(22-7-6-19-15)10-24(11-18)16-14-9-23-25(17(14)21-12-20-16)13-4-2-1-3-5-13/h1-5,9,12,22H,6-8,10-11H2,(H,19,26). The Morgan fingerprint density at radius 3 is 2.77 bits per heavy atom. The largest absolute Gasteiger partial charge is 0.355 e. The predicted molar refractivity (Wildman–Crippen MR) is 97.2 cm³/mol. The first-order chi connectivity index (χ1) is 12.7. The van der Waals surface area contributed by atoms with Crippen molar-refractivity contribution in [3.63, 3.8) is 0 Å². The molecule has 2 aromatic heterocycles. The van der Waals surface area contributed by atoms with Crippen LogP contribution in [0.3, 0.4) is 0 Å². The smallest absolute Gasteiger partial charge is 0.222 e. The molecule has 0 bridgehead atoms. The summed E-state index contributed by atoms with van der Waals surface area (Å²) in [5.74, 6) is 0.980. The molecule has 5 rings (SSSR count). The van der Waals surface area contributed by atoms with Crippen LogP contribution in [0.5, 0.6) is 0 Å². The van der Waals surface area contributed by atoms with Crippen molar-refractivity contribution in [2.24, 2.45) is 0 Å². The Hall–Kier alpha value is -3.00. The number of carbonyl (C=O) groups excluding carboxylic acids is 1. The van der Waals surface area contributed by atoms with Gasteiger partial charge in [-0.2, -0.15) is 5.10 Å². The van der Waals surface area contributed by atoms with Crippen LogP contribution in [0.1, 0.15) is 6.42 Å². The minimum atomic E-state index is -0.159. The maximum Gasteiger partial charge on any atom is 0.222 e. The molecule has 1 spiro atoms. The van der Waals surface area contributed by atoms with Gasteiger partial charge in [0.15, 0.2) is 5.65 Å². The molecule has 0 atom stereocenters. The molecule has 3 aromatic rings. The molecule has 0 saturated carbocycles. The second-order valence-electron chi connectivity index (χ2n) is 6.92. The molecule has 0 radical (unpaired) electrons. The lowest BCUT2D eigenvalue weighted by Crippen LogP contribution is -2.70. The Kier molecular flexibility index (Phi) is 3.39. The fourth-order valence-electron chi connectivity index (χ4n) is 3.86. The fraction of sp³-hybridized carbons (Fsp3) is 0.333. The van der Waals surface area contributed by atoms with Gasteiger partial charge in [0.1, 0.15) is 12.1 Å². The van der Waals surface area contributed by atoms with E-state index in [2.05, 4.69) is 30.6 Å². The van der Waals surface area contributed by atoms with Gasteiger partial charge in [0.2, 0.25) is 5.91 Å². The normalized spacial score (nSPS) is 19.2. The molecular formula is C18H19N7O. The highest BCUT2D eigenvalue weighted by molar-refractivity contribution is 5.88. The SMILES string of the molecule is O=C1CC2(CN(c3ncnc4c3cnn4-c3ccccc3)C2)NCCN1. The summed E-state index contributed by atoms with van der Waals surface area (Å²) >= 11 is 0. The first kappa shape index (κ1) is 15.3. The van der Waals surface area contributed by atoms with Gasteiger partial charge in [-0.3, -0.25) is 4.79 Å². The van der Waals surface area contributed by atoms with Gasteiger partial charge >= 0.3 is 0 Å². The maximum atomic E-state index is 11.9. The lowest BCUT2D eigenvalue weighted by atomic mass is 9.86. The second-order valence-corrected chi connectivity index (χ2v) is 6.92. The first-order valence-electron chi connectivity index (χ1n) is 8.75. The molecule has 26 heavy (non-hydrogen) atoms. The molecule has 8 heteroatoms. The van der Waals surface area contributed by atoms with Crippen molar-refractivity contribution in [1.29, 1.82) is 0 Å². The van der Waals surface area contributed by atoms with Crippen molar-refractivity contribution in [1.82, 2.24) is 30.4 Å². The summed E-state index contributed by atoms with van der Waals surface area (Å²) in [5, 5.41) is 11.9. The third-order valence-corrected chi connectivity index (χ3v) is 5.08. The molecule has 0 aliphatic carbocycles. The van der Waals surface area contributed by atoms with E-state index < -0.39 is 0 Å². The average Bonchev–Trinajstić information content (AvgIpc) is 2.97. The summed E-state index contributed by atoms with van der Waals surface area (Å²) < 4.78 is 1.83. The van der Waals surface area contributed by atoms with Crippen LogP contribution in [0.15, 0.2) is 42.9 Å². The van der Waals surface area contributed by atoms with Gasteiger partial charge in [0, 0.05) is 32.6 Å². The molecule has 2 aliphatic heterocycles. The van der Waals surface area contributed by atoms with E-state index in [0.29, 0.717) is 13.0 Å². The van der Waals surface area contributed by atoms with E-state index in [1.165, 1.54) is 0 Å². The molecular weight excluding hydrogens is 330 g/mol. The topological polar surface area (TPSA) is 88.0 Å². The van der Waals surface area contributed by atoms with Crippen molar-refractivity contribution in [3.05, 3.63) is 42.9 Å². The Labute approximate surface area is 150 Å². The minimum Gasteiger partial charge on any atom is -0.355 e. The van der Waals surface area contributed by atoms with Crippen molar-refractivity contribution in [3.8, 4) is 5.69 Å². The fourth-order valence-corrected chi connectivity index (χ4v) is 3.86. The van der Waals surface area contributed by atoms with Crippen molar-refractivity contribution >= 4 is 22.8 Å². The lowest BCUT2D eigenvalue weighted by molar-refractivity contribution is -0.122. The van der Waals surface area contributed by atoms with E-state index in [0.717, 1.165) is 42.2 Å². The molecule has 4 heterocycles. The summed E-state index contributed by atoms with van der Waals surface area (Å²) in [6, 6.07) is 9.94. The molecule has 2 N–H and O–H groups in total. The summed E-state index contributed by atoms with van der Waals surface area (Å²) in [7, 11) is 0. The van der Waals surface area contributed by atoms with Crippen LogP contribution >= 0.6 is 0 Å². The molecule has 2 fully saturated rings. The third kappa shape index (κ3) is 2.41. The van der Waals surface area contributed by atoms with Gasteiger partial charge in [-0.1, -0.05) is 18.2 Å². The zero-order chi connectivity index (χ0) is 17.6. The monoisotopic (exact) mass is 349 g/mol. The number of anilines is 1. The average molecular weight is 349 g/mol. The lowest BCUT2D eigenvalue weighted by Gasteiger charge is -2.50. The van der Waals surface area contributed by atoms with E-state index >= 15 is 0 Å². The van der Waals surface area contributed by atoms with E-state index in [4.69, 9.17) is 0 Å². The van der Waals surface area contributed by atoms with Gasteiger partial charge in [-0.25, -0.2) is 14.6 Å². The molecule has 1 aromatic carbocycles. The number of aromatic nitrogens is 4. The Bertz CT molecular complexity index is 962. The number of hydrogen-bond donors (Lipinski definition) is 2. The number of rotatable bonds is 2. The van der Waals surface area contributed by atoms with E-state index in [1.54, 1.807) is 6.33 Å². The van der Waals surface area contributed by atoms with Crippen LogP contribution in [0, 0.1) is 0 Å². The predicted octanol–water partition coefficient (Wildman–Crippen LogP) is 0.484. The highest BCUT2D eigenvalue weighted by Crippen LogP contribution is 2.33. The number of amides is 1. The molecule has 0 unspecified atom stereocenters. The van der Waals surface area contributed by atoms with Crippen LogP contribution in [0.4, 0.5) is 5.82 Å². The molecule has 132 valence electrons. The highest BCUT2D eigenvalue weighted by Gasteiger charge is 2.46. The van der Waals surface area contributed by atoms with E-state index in [-0.39, 0.29) is 11.4 Å². The maximum absolute atomic E-state index is 11.9. The number of carbonyl (C=O) groups is 1. The van der Waals surface area contributed by atoms with Crippen molar-refractivity contribution < 1.29 is 4.79 Å². The van der Waals surface area contributed by atoms with Crippen LogP contribution in [-0.2, 0) is 4.79 Å². The zero-order valence-electron chi connectivity index (χ0n) is 14.2. The van der Waals surface area contributed by atoms with Gasteiger partial charge < -0.3 is 15.5 Å². The first-order valence-corrected chi connectivity index (χ1v) is 8.75. The number of nitrogens with one attached hydrogen (secondary N) is 2. The second kappa shape index (κ2) is 5.77. The van der Waals surface area contributed by atoms with Gasteiger partial charge in [-0.15, -0.1) is 0 Å². The molecule has 2 aliphatic rings. The third-order valence-electron chi connectivity index (χ3n) is 5.08. The number of benzene rings is 1. The zero-order valence-corrected chi connectivity index (χ0v) is 14.2. The van der Waals surface area contributed by atoms with Gasteiger partial charge in [-0.05, 0) is 12.1 Å². The minimum absolute atomic E-state index is 0.111. The van der Waals surface area contributed by atoms with E-state index in [1.807, 2.05) is 41.2 Å². The highest BCUT2D eigenvalue weighted by atomic mass is 16.1. The Balaban J connectivity index is 1.46. The van der Waals surface area contributed by atoms with Crippen LogP contribution in [0.2, 0.25) is 0 Å². The summed E-state index contributed by atoms with van der Waals surface area (Å²) in [6.07, 6.45) is 3.90. The number of fused-ring (bicyclic) bond motifs is 1. The molecule has 2 saturated heterocycles. The van der Waals surface area contributed by atoms with E-state index in [9.17, 15) is 4.79 Å².